The summed E-state index contributed by atoms with van der Waals surface area (Å²) < 4.78 is 5.17. The molecule has 2 bridgehead atoms. The fraction of sp³-hybridized carbons (Fsp3) is 0.647. The van der Waals surface area contributed by atoms with Crippen molar-refractivity contribution in [3.8, 4) is 11.5 Å². The minimum atomic E-state index is 0.210. The molecule has 2 saturated carbocycles. The molecule has 3 nitrogen and oxygen atoms in total. The molecule has 4 heteroatoms. The number of rotatable bonds is 5. The van der Waals surface area contributed by atoms with Gasteiger partial charge in [-0.1, -0.05) is 18.0 Å². The number of hydrogen-bond donors (Lipinski definition) is 1. The third-order valence-electron chi connectivity index (χ3n) is 5.21. The quantitative estimate of drug-likeness (QED) is 0.894. The monoisotopic (exact) mass is 309 g/mol. The van der Waals surface area contributed by atoms with E-state index < -0.39 is 0 Å². The summed E-state index contributed by atoms with van der Waals surface area (Å²) in [5, 5.41) is 10.8. The largest absolute Gasteiger partial charge is 0.504 e. The number of halogens is 1. The van der Waals surface area contributed by atoms with E-state index in [2.05, 4.69) is 11.9 Å². The first-order valence-electron chi connectivity index (χ1n) is 7.80. The van der Waals surface area contributed by atoms with Crippen LogP contribution in [-0.4, -0.2) is 30.7 Å². The van der Waals surface area contributed by atoms with Gasteiger partial charge >= 0.3 is 0 Å². The third-order valence-corrected chi connectivity index (χ3v) is 5.43. The highest BCUT2D eigenvalue weighted by Gasteiger charge is 2.39. The molecule has 0 spiro atoms. The van der Waals surface area contributed by atoms with E-state index in [-0.39, 0.29) is 5.75 Å². The summed E-state index contributed by atoms with van der Waals surface area (Å²) in [4.78, 5) is 2.30. The van der Waals surface area contributed by atoms with Gasteiger partial charge < -0.3 is 14.7 Å². The van der Waals surface area contributed by atoms with Crippen molar-refractivity contribution in [2.75, 3.05) is 20.7 Å². The van der Waals surface area contributed by atoms with Gasteiger partial charge in [-0.3, -0.25) is 0 Å². The summed E-state index contributed by atoms with van der Waals surface area (Å²) >= 11 is 6.10. The second kappa shape index (κ2) is 6.05. The Bertz CT molecular complexity index is 520. The van der Waals surface area contributed by atoms with Gasteiger partial charge in [-0.05, 0) is 50.1 Å². The second-order valence-corrected chi connectivity index (χ2v) is 7.18. The lowest BCUT2D eigenvalue weighted by Crippen LogP contribution is -2.28. The van der Waals surface area contributed by atoms with Crippen LogP contribution in [-0.2, 0) is 6.54 Å². The van der Waals surface area contributed by atoms with Crippen LogP contribution in [0.3, 0.4) is 0 Å². The first kappa shape index (κ1) is 15.0. The van der Waals surface area contributed by atoms with E-state index in [1.807, 2.05) is 6.07 Å². The lowest BCUT2D eigenvalue weighted by atomic mass is 9.88. The average molecular weight is 310 g/mol. The van der Waals surface area contributed by atoms with Crippen LogP contribution >= 0.6 is 11.6 Å². The number of hydrogen-bond acceptors (Lipinski definition) is 3. The zero-order chi connectivity index (χ0) is 15.0. The van der Waals surface area contributed by atoms with Crippen molar-refractivity contribution in [1.29, 1.82) is 0 Å². The van der Waals surface area contributed by atoms with Gasteiger partial charge in [0.15, 0.2) is 11.5 Å². The zero-order valence-corrected chi connectivity index (χ0v) is 13.6. The first-order chi connectivity index (χ1) is 10.1. The van der Waals surface area contributed by atoms with E-state index >= 15 is 0 Å². The maximum atomic E-state index is 10.2. The van der Waals surface area contributed by atoms with Crippen LogP contribution in [0.2, 0.25) is 5.02 Å². The van der Waals surface area contributed by atoms with Crippen LogP contribution in [0.15, 0.2) is 12.1 Å². The van der Waals surface area contributed by atoms with Crippen molar-refractivity contribution in [3.05, 3.63) is 22.7 Å². The van der Waals surface area contributed by atoms with Gasteiger partial charge in [0.05, 0.1) is 7.11 Å². The van der Waals surface area contributed by atoms with Crippen molar-refractivity contribution in [2.24, 2.45) is 17.8 Å². The SMILES string of the molecule is COc1cc(Cl)cc(CN(C)CC2CC3CCC2C3)c1O. The zero-order valence-electron chi connectivity index (χ0n) is 12.8. The van der Waals surface area contributed by atoms with E-state index in [9.17, 15) is 5.11 Å². The van der Waals surface area contributed by atoms with E-state index in [0.29, 0.717) is 17.3 Å². The number of phenols is 1. The van der Waals surface area contributed by atoms with Gasteiger partial charge in [0, 0.05) is 29.7 Å². The van der Waals surface area contributed by atoms with Crippen molar-refractivity contribution < 1.29 is 9.84 Å². The Kier molecular flexibility index (Phi) is 4.32. The summed E-state index contributed by atoms with van der Waals surface area (Å²) in [6.07, 6.45) is 5.69. The maximum absolute atomic E-state index is 10.2. The third kappa shape index (κ3) is 3.14. The molecule has 116 valence electrons. The number of phenolic OH excluding ortho intramolecular Hbond substituents is 1. The van der Waals surface area contributed by atoms with Crippen LogP contribution in [0, 0.1) is 17.8 Å². The standard InChI is InChI=1S/C17H24ClNO2/c1-19(9-13-6-11-3-4-12(13)5-11)10-14-7-15(18)8-16(21-2)17(14)20/h7-8,11-13,20H,3-6,9-10H2,1-2H3. The first-order valence-corrected chi connectivity index (χ1v) is 8.18. The number of ether oxygens (including phenoxy) is 1. The summed E-state index contributed by atoms with van der Waals surface area (Å²) in [6.45, 7) is 1.81. The summed E-state index contributed by atoms with van der Waals surface area (Å²) in [7, 11) is 3.67. The number of benzene rings is 1. The molecule has 3 rings (SSSR count). The molecule has 1 aromatic rings. The molecule has 2 fully saturated rings. The molecule has 21 heavy (non-hydrogen) atoms. The van der Waals surface area contributed by atoms with Gasteiger partial charge in [-0.15, -0.1) is 0 Å². The Morgan fingerprint density at radius 2 is 2.14 bits per heavy atom. The van der Waals surface area contributed by atoms with Crippen LogP contribution in [0.25, 0.3) is 0 Å². The van der Waals surface area contributed by atoms with Gasteiger partial charge in [0.1, 0.15) is 0 Å². The molecule has 0 radical (unpaired) electrons. The molecule has 1 aromatic carbocycles. The van der Waals surface area contributed by atoms with E-state index in [4.69, 9.17) is 16.3 Å². The lowest BCUT2D eigenvalue weighted by molar-refractivity contribution is 0.212. The number of fused-ring (bicyclic) bond motifs is 2. The van der Waals surface area contributed by atoms with Gasteiger partial charge in [-0.25, -0.2) is 0 Å². The number of nitrogens with zero attached hydrogens (tertiary/aromatic N) is 1. The predicted molar refractivity (Wildman–Crippen MR) is 84.9 cm³/mol. The molecule has 1 N–H and O–H groups in total. The molecule has 3 unspecified atom stereocenters. The van der Waals surface area contributed by atoms with Gasteiger partial charge in [0.2, 0.25) is 0 Å². The van der Waals surface area contributed by atoms with Crippen molar-refractivity contribution in [2.45, 2.75) is 32.2 Å². The van der Waals surface area contributed by atoms with Crippen molar-refractivity contribution in [3.63, 3.8) is 0 Å². The molecule has 0 aliphatic heterocycles. The molecular formula is C17H24ClNO2. The molecule has 3 atom stereocenters. The van der Waals surface area contributed by atoms with Crippen LogP contribution in [0.5, 0.6) is 11.5 Å². The van der Waals surface area contributed by atoms with Crippen molar-refractivity contribution in [1.82, 2.24) is 4.90 Å². The second-order valence-electron chi connectivity index (χ2n) is 6.75. The highest BCUT2D eigenvalue weighted by atomic mass is 35.5. The Labute approximate surface area is 131 Å². The van der Waals surface area contributed by atoms with Crippen LogP contribution in [0.4, 0.5) is 0 Å². The molecule has 2 aliphatic rings. The number of aromatic hydroxyl groups is 1. The Morgan fingerprint density at radius 1 is 1.33 bits per heavy atom. The highest BCUT2D eigenvalue weighted by Crippen LogP contribution is 2.48. The summed E-state index contributed by atoms with van der Waals surface area (Å²) in [5.41, 5.74) is 0.838. The fourth-order valence-electron chi connectivity index (χ4n) is 4.26. The predicted octanol–water partition coefficient (Wildman–Crippen LogP) is 3.92. The highest BCUT2D eigenvalue weighted by molar-refractivity contribution is 6.30. The van der Waals surface area contributed by atoms with Crippen LogP contribution in [0.1, 0.15) is 31.2 Å². The normalized spacial score (nSPS) is 27.5. The molecule has 0 heterocycles. The maximum Gasteiger partial charge on any atom is 0.162 e. The topological polar surface area (TPSA) is 32.7 Å². The minimum absolute atomic E-state index is 0.210. The molecule has 0 aromatic heterocycles. The van der Waals surface area contributed by atoms with E-state index in [0.717, 1.165) is 29.9 Å². The Morgan fingerprint density at radius 3 is 2.76 bits per heavy atom. The molecule has 0 saturated heterocycles. The van der Waals surface area contributed by atoms with Gasteiger partial charge in [0.25, 0.3) is 0 Å². The Hall–Kier alpha value is -0.930. The minimum Gasteiger partial charge on any atom is -0.504 e. The van der Waals surface area contributed by atoms with Crippen molar-refractivity contribution >= 4 is 11.6 Å². The lowest BCUT2D eigenvalue weighted by Gasteiger charge is -2.27. The summed E-state index contributed by atoms with van der Waals surface area (Å²) in [5.74, 6) is 3.40. The van der Waals surface area contributed by atoms with Crippen LogP contribution < -0.4 is 4.74 Å². The smallest absolute Gasteiger partial charge is 0.162 e. The number of methoxy groups -OCH3 is 1. The fourth-order valence-corrected chi connectivity index (χ4v) is 4.49. The van der Waals surface area contributed by atoms with E-state index in [1.165, 1.54) is 25.7 Å². The summed E-state index contributed by atoms with van der Waals surface area (Å²) in [6, 6.07) is 3.48. The van der Waals surface area contributed by atoms with Gasteiger partial charge in [-0.2, -0.15) is 0 Å². The van der Waals surface area contributed by atoms with E-state index in [1.54, 1.807) is 13.2 Å². The molecule has 2 aliphatic carbocycles. The molecular weight excluding hydrogens is 286 g/mol. The Balaban J connectivity index is 1.64. The average Bonchev–Trinajstić information content (AvgIpc) is 3.04. The molecule has 0 amide bonds.